The van der Waals surface area contributed by atoms with Crippen molar-refractivity contribution in [1.29, 1.82) is 0 Å². The van der Waals surface area contributed by atoms with Gasteiger partial charge in [0.25, 0.3) is 0 Å². The second-order valence-electron chi connectivity index (χ2n) is 5.87. The Morgan fingerprint density at radius 2 is 1.41 bits per heavy atom. The van der Waals surface area contributed by atoms with Gasteiger partial charge in [-0.3, -0.25) is 9.80 Å². The Morgan fingerprint density at radius 3 is 1.94 bits per heavy atom. The highest BCUT2D eigenvalue weighted by Gasteiger charge is 2.34. The van der Waals surface area contributed by atoms with E-state index < -0.39 is 0 Å². The number of rotatable bonds is 5. The zero-order chi connectivity index (χ0) is 12.3. The summed E-state index contributed by atoms with van der Waals surface area (Å²) in [7, 11) is 0. The third-order valence-corrected chi connectivity index (χ3v) is 5.03. The highest BCUT2D eigenvalue weighted by atomic mass is 15.4. The maximum Gasteiger partial charge on any atom is 0.0514 e. The molecular weight excluding hydrogens is 208 g/mol. The first kappa shape index (κ1) is 13.4. The normalized spacial score (nSPS) is 35.8. The molecule has 2 aliphatic heterocycles. The summed E-state index contributed by atoms with van der Waals surface area (Å²) in [5.74, 6) is 0. The molecule has 0 N–H and O–H groups in total. The fourth-order valence-corrected chi connectivity index (χ4v) is 3.88. The van der Waals surface area contributed by atoms with E-state index in [-0.39, 0.29) is 0 Å². The zero-order valence-corrected chi connectivity index (χ0v) is 12.0. The molecule has 0 amide bonds. The van der Waals surface area contributed by atoms with Crippen molar-refractivity contribution in [3.05, 3.63) is 0 Å². The minimum absolute atomic E-state index is 0.859. The fourth-order valence-electron chi connectivity index (χ4n) is 3.88. The largest absolute Gasteiger partial charge is 0.288 e. The van der Waals surface area contributed by atoms with Crippen LogP contribution in [0.2, 0.25) is 0 Å². The van der Waals surface area contributed by atoms with Crippen LogP contribution in [-0.4, -0.2) is 41.1 Å². The second kappa shape index (κ2) is 6.19. The van der Waals surface area contributed by atoms with Crippen molar-refractivity contribution in [2.24, 2.45) is 0 Å². The summed E-state index contributed by atoms with van der Waals surface area (Å²) < 4.78 is 0. The molecule has 2 aliphatic rings. The highest BCUT2D eigenvalue weighted by molar-refractivity contribution is 4.88. The molecule has 3 atom stereocenters. The Kier molecular flexibility index (Phi) is 4.87. The van der Waals surface area contributed by atoms with E-state index in [4.69, 9.17) is 0 Å². The van der Waals surface area contributed by atoms with Gasteiger partial charge in [0, 0.05) is 18.1 Å². The molecule has 0 aromatic heterocycles. The van der Waals surface area contributed by atoms with Gasteiger partial charge in [0.2, 0.25) is 0 Å². The van der Waals surface area contributed by atoms with Gasteiger partial charge < -0.3 is 0 Å². The quantitative estimate of drug-likeness (QED) is 0.723. The van der Waals surface area contributed by atoms with Crippen LogP contribution < -0.4 is 0 Å². The van der Waals surface area contributed by atoms with E-state index in [1.807, 2.05) is 0 Å². The lowest BCUT2D eigenvalue weighted by atomic mass is 10.1. The minimum Gasteiger partial charge on any atom is -0.288 e. The van der Waals surface area contributed by atoms with Gasteiger partial charge in [-0.2, -0.15) is 0 Å². The van der Waals surface area contributed by atoms with Gasteiger partial charge >= 0.3 is 0 Å². The van der Waals surface area contributed by atoms with Crippen LogP contribution in [0.5, 0.6) is 0 Å². The summed E-state index contributed by atoms with van der Waals surface area (Å²) in [6.07, 6.45) is 9.71. The topological polar surface area (TPSA) is 6.48 Å². The van der Waals surface area contributed by atoms with E-state index in [9.17, 15) is 0 Å². The van der Waals surface area contributed by atoms with Crippen LogP contribution in [0.3, 0.4) is 0 Å². The SMILES string of the molecule is CCC1CCCN1CN1C(CC)CC[C@H]1CC. The van der Waals surface area contributed by atoms with E-state index in [1.54, 1.807) is 0 Å². The van der Waals surface area contributed by atoms with Crippen molar-refractivity contribution in [1.82, 2.24) is 9.80 Å². The van der Waals surface area contributed by atoms with Crippen molar-refractivity contribution >= 4 is 0 Å². The summed E-state index contributed by atoms with van der Waals surface area (Å²) in [5, 5.41) is 0. The first-order chi connectivity index (χ1) is 8.30. The monoisotopic (exact) mass is 238 g/mol. The van der Waals surface area contributed by atoms with Crippen molar-refractivity contribution in [3.63, 3.8) is 0 Å². The summed E-state index contributed by atoms with van der Waals surface area (Å²) >= 11 is 0. The average molecular weight is 238 g/mol. The molecule has 100 valence electrons. The maximum absolute atomic E-state index is 2.81. The molecule has 0 aliphatic carbocycles. The predicted molar refractivity (Wildman–Crippen MR) is 74.1 cm³/mol. The lowest BCUT2D eigenvalue weighted by molar-refractivity contribution is 0.0756. The molecule has 2 rings (SSSR count). The number of hydrogen-bond donors (Lipinski definition) is 0. The molecule has 0 bridgehead atoms. The van der Waals surface area contributed by atoms with Crippen molar-refractivity contribution in [2.45, 2.75) is 83.8 Å². The standard InChI is InChI=1S/C15H30N2/c1-4-13-8-7-11-16(13)12-17-14(5-2)9-10-15(17)6-3/h13-15H,4-12H2,1-3H3/t13?,14-,15?/m1/s1. The summed E-state index contributed by atoms with van der Waals surface area (Å²) in [6.45, 7) is 9.65. The van der Waals surface area contributed by atoms with Crippen LogP contribution in [-0.2, 0) is 0 Å². The molecule has 2 unspecified atom stereocenters. The summed E-state index contributed by atoms with van der Waals surface area (Å²) in [4.78, 5) is 5.56. The fraction of sp³-hybridized carbons (Fsp3) is 1.00. The van der Waals surface area contributed by atoms with E-state index in [0.29, 0.717) is 0 Å². The Labute approximate surface area is 107 Å². The van der Waals surface area contributed by atoms with Gasteiger partial charge in [-0.15, -0.1) is 0 Å². The molecule has 2 saturated heterocycles. The van der Waals surface area contributed by atoms with Crippen LogP contribution >= 0.6 is 0 Å². The van der Waals surface area contributed by atoms with E-state index in [2.05, 4.69) is 30.6 Å². The second-order valence-corrected chi connectivity index (χ2v) is 5.87. The van der Waals surface area contributed by atoms with Crippen LogP contribution in [0.4, 0.5) is 0 Å². The van der Waals surface area contributed by atoms with Crippen molar-refractivity contribution < 1.29 is 0 Å². The first-order valence-electron chi connectivity index (χ1n) is 7.79. The van der Waals surface area contributed by atoms with Gasteiger partial charge in [0.05, 0.1) is 6.67 Å². The highest BCUT2D eigenvalue weighted by Crippen LogP contribution is 2.30. The molecule has 0 saturated carbocycles. The lowest BCUT2D eigenvalue weighted by Crippen LogP contribution is -2.45. The molecule has 0 spiro atoms. The number of likely N-dealkylation sites (tertiary alicyclic amines) is 2. The minimum atomic E-state index is 0.859. The average Bonchev–Trinajstić information content (AvgIpc) is 2.95. The van der Waals surface area contributed by atoms with Gasteiger partial charge in [-0.05, 0) is 51.5 Å². The Morgan fingerprint density at radius 1 is 0.824 bits per heavy atom. The predicted octanol–water partition coefficient (Wildman–Crippen LogP) is 3.47. The van der Waals surface area contributed by atoms with Crippen LogP contribution in [0.15, 0.2) is 0 Å². The smallest absolute Gasteiger partial charge is 0.0514 e. The third kappa shape index (κ3) is 2.85. The van der Waals surface area contributed by atoms with E-state index >= 15 is 0 Å². The van der Waals surface area contributed by atoms with Gasteiger partial charge in [-0.25, -0.2) is 0 Å². The lowest BCUT2D eigenvalue weighted by Gasteiger charge is -2.35. The molecule has 0 radical (unpaired) electrons. The molecule has 2 heterocycles. The van der Waals surface area contributed by atoms with Crippen molar-refractivity contribution in [2.75, 3.05) is 13.2 Å². The Hall–Kier alpha value is -0.0800. The van der Waals surface area contributed by atoms with Gasteiger partial charge in [0.15, 0.2) is 0 Å². The van der Waals surface area contributed by atoms with Crippen LogP contribution in [0.25, 0.3) is 0 Å². The van der Waals surface area contributed by atoms with E-state index in [1.165, 1.54) is 58.2 Å². The summed E-state index contributed by atoms with van der Waals surface area (Å²) in [5.41, 5.74) is 0. The molecule has 17 heavy (non-hydrogen) atoms. The Bertz CT molecular complexity index is 217. The molecule has 2 heteroatoms. The van der Waals surface area contributed by atoms with E-state index in [0.717, 1.165) is 18.1 Å². The third-order valence-electron chi connectivity index (χ3n) is 5.03. The molecule has 2 fully saturated rings. The summed E-state index contributed by atoms with van der Waals surface area (Å²) in [6, 6.07) is 2.58. The zero-order valence-electron chi connectivity index (χ0n) is 12.0. The number of nitrogens with zero attached hydrogens (tertiary/aromatic N) is 2. The van der Waals surface area contributed by atoms with Gasteiger partial charge in [0.1, 0.15) is 0 Å². The molecule has 2 nitrogen and oxygen atoms in total. The Balaban J connectivity index is 1.94. The van der Waals surface area contributed by atoms with Crippen molar-refractivity contribution in [3.8, 4) is 0 Å². The number of hydrogen-bond acceptors (Lipinski definition) is 2. The first-order valence-corrected chi connectivity index (χ1v) is 7.79. The van der Waals surface area contributed by atoms with Gasteiger partial charge in [-0.1, -0.05) is 20.8 Å². The molecule has 0 aromatic rings. The van der Waals surface area contributed by atoms with Crippen LogP contribution in [0.1, 0.15) is 65.7 Å². The molecule has 0 aromatic carbocycles. The maximum atomic E-state index is 2.81. The van der Waals surface area contributed by atoms with Crippen LogP contribution in [0, 0.1) is 0 Å². The molecular formula is C15H30N2.